The van der Waals surface area contributed by atoms with Crippen LogP contribution in [0, 0.1) is 0 Å². The number of fused-ring (bicyclic) bond motifs is 1. The smallest absolute Gasteiger partial charge is 0.152 e. The van der Waals surface area contributed by atoms with Gasteiger partial charge in [-0.1, -0.05) is 29.8 Å². The predicted molar refractivity (Wildman–Crippen MR) is 138 cm³/mol. The lowest BCUT2D eigenvalue weighted by atomic mass is 9.83. The van der Waals surface area contributed by atoms with E-state index in [1.807, 2.05) is 48.6 Å². The molecule has 1 aliphatic carbocycles. The summed E-state index contributed by atoms with van der Waals surface area (Å²) in [6.45, 7) is 0.530. The molecule has 0 amide bonds. The molecule has 5 nitrogen and oxygen atoms in total. The average molecular weight is 496 g/mol. The van der Waals surface area contributed by atoms with Crippen molar-refractivity contribution in [3.63, 3.8) is 0 Å². The molecule has 1 saturated carbocycles. The molecule has 3 aromatic rings. The van der Waals surface area contributed by atoms with Crippen LogP contribution in [0.4, 0.5) is 0 Å². The Morgan fingerprint density at radius 2 is 1.75 bits per heavy atom. The lowest BCUT2D eigenvalue weighted by Crippen LogP contribution is -2.36. The lowest BCUT2D eigenvalue weighted by Gasteiger charge is -2.29. The molecular weight excluding hydrogens is 467 g/mol. The first kappa shape index (κ1) is 26.4. The van der Waals surface area contributed by atoms with Crippen molar-refractivity contribution in [2.75, 3.05) is 13.8 Å². The van der Waals surface area contributed by atoms with Crippen molar-refractivity contribution in [3.05, 3.63) is 64.6 Å². The average Bonchev–Trinajstić information content (AvgIpc) is 2.78. The minimum absolute atomic E-state index is 0. The first-order valence-corrected chi connectivity index (χ1v) is 10.8. The summed E-state index contributed by atoms with van der Waals surface area (Å²) in [6, 6.07) is 14.3. The Kier molecular flexibility index (Phi) is 10.2. The van der Waals surface area contributed by atoms with Crippen LogP contribution in [0.25, 0.3) is 23.1 Å². The molecule has 0 bridgehead atoms. The summed E-state index contributed by atoms with van der Waals surface area (Å²) in [5, 5.41) is 5.17. The topological polar surface area (TPSA) is 73.1 Å². The number of ether oxygens (including phenoxy) is 1. The Morgan fingerprint density at radius 1 is 1.03 bits per heavy atom. The van der Waals surface area contributed by atoms with Crippen LogP contribution in [0.3, 0.4) is 0 Å². The summed E-state index contributed by atoms with van der Waals surface area (Å²) < 4.78 is 5.45. The number of benzene rings is 2. The Balaban J connectivity index is 0.00000181. The highest BCUT2D eigenvalue weighted by Crippen LogP contribution is 2.36. The van der Waals surface area contributed by atoms with E-state index in [9.17, 15) is 0 Å². The number of nitrogens with two attached hydrogens (primary N) is 1. The molecule has 1 aromatic heterocycles. The number of hydrogen-bond donors (Lipinski definition) is 2. The van der Waals surface area contributed by atoms with Gasteiger partial charge in [-0.05, 0) is 67.7 Å². The van der Waals surface area contributed by atoms with Crippen LogP contribution in [0.5, 0.6) is 5.75 Å². The number of nitrogens with one attached hydrogen (secondary N) is 1. The zero-order chi connectivity index (χ0) is 20.9. The SMILES string of the molecule is COc1ccc2nc(C=Cc3ccc(Cl)cc3)nc(C3CCC(NCN)CC3)c2c1.Cl.Cl. The molecule has 1 aliphatic rings. The summed E-state index contributed by atoms with van der Waals surface area (Å²) in [7, 11) is 1.69. The molecule has 2 aromatic carbocycles. The van der Waals surface area contributed by atoms with Gasteiger partial charge in [-0.2, -0.15) is 0 Å². The van der Waals surface area contributed by atoms with E-state index in [0.717, 1.165) is 64.4 Å². The van der Waals surface area contributed by atoms with Crippen molar-refractivity contribution in [2.24, 2.45) is 5.73 Å². The van der Waals surface area contributed by atoms with Crippen molar-refractivity contribution in [1.82, 2.24) is 15.3 Å². The summed E-state index contributed by atoms with van der Waals surface area (Å²) in [5.41, 5.74) is 8.78. The molecule has 0 spiro atoms. The fourth-order valence-corrected chi connectivity index (χ4v) is 4.27. The van der Waals surface area contributed by atoms with E-state index in [4.69, 9.17) is 32.0 Å². The van der Waals surface area contributed by atoms with E-state index in [1.54, 1.807) is 7.11 Å². The van der Waals surface area contributed by atoms with Gasteiger partial charge in [0.2, 0.25) is 0 Å². The second-order valence-corrected chi connectivity index (χ2v) is 8.13. The van der Waals surface area contributed by atoms with Crippen molar-refractivity contribution >= 4 is 59.5 Å². The Hall–Kier alpha value is -1.89. The second-order valence-electron chi connectivity index (χ2n) is 7.69. The fourth-order valence-electron chi connectivity index (χ4n) is 4.14. The van der Waals surface area contributed by atoms with Crippen molar-refractivity contribution in [1.29, 1.82) is 0 Å². The minimum atomic E-state index is 0. The molecular formula is C24H29Cl3N4O. The maximum Gasteiger partial charge on any atom is 0.152 e. The molecule has 172 valence electrons. The Labute approximate surface area is 206 Å². The number of nitrogens with zero attached hydrogens (tertiary/aromatic N) is 2. The summed E-state index contributed by atoms with van der Waals surface area (Å²) in [5.74, 6) is 1.95. The third-order valence-electron chi connectivity index (χ3n) is 5.76. The van der Waals surface area contributed by atoms with Gasteiger partial charge in [-0.3, -0.25) is 0 Å². The zero-order valence-electron chi connectivity index (χ0n) is 18.0. The number of aromatic nitrogens is 2. The fraction of sp³-hybridized carbons (Fsp3) is 0.333. The maximum absolute atomic E-state index is 5.99. The van der Waals surface area contributed by atoms with Gasteiger partial charge in [0.05, 0.1) is 18.3 Å². The summed E-state index contributed by atoms with van der Waals surface area (Å²) in [4.78, 5) is 9.75. The van der Waals surface area contributed by atoms with Crippen LogP contribution < -0.4 is 15.8 Å². The Bertz CT molecular complexity index is 1040. The van der Waals surface area contributed by atoms with Gasteiger partial charge in [0.25, 0.3) is 0 Å². The second kappa shape index (κ2) is 12.4. The molecule has 32 heavy (non-hydrogen) atoms. The van der Waals surface area contributed by atoms with Crippen LogP contribution in [-0.4, -0.2) is 29.8 Å². The minimum Gasteiger partial charge on any atom is -0.497 e. The molecule has 1 heterocycles. The van der Waals surface area contributed by atoms with Crippen LogP contribution in [0.15, 0.2) is 42.5 Å². The highest BCUT2D eigenvalue weighted by atomic mass is 35.5. The van der Waals surface area contributed by atoms with Crippen LogP contribution in [-0.2, 0) is 0 Å². The molecule has 4 rings (SSSR count). The standard InChI is InChI=1S/C24H27ClN4O.2ClH/c1-30-20-11-12-22-21(14-20)24(17-5-9-19(10-6-17)27-15-26)29-23(28-22)13-4-16-2-7-18(25)8-3-16;;/h2-4,7-8,11-14,17,19,27H,5-6,9-10,15,26H2,1H3;2*1H. The van der Waals surface area contributed by atoms with Crippen LogP contribution in [0.1, 0.15) is 48.7 Å². The van der Waals surface area contributed by atoms with Gasteiger partial charge in [0.1, 0.15) is 5.75 Å². The number of methoxy groups -OCH3 is 1. The number of hydrogen-bond acceptors (Lipinski definition) is 5. The highest BCUT2D eigenvalue weighted by molar-refractivity contribution is 6.30. The van der Waals surface area contributed by atoms with E-state index < -0.39 is 0 Å². The molecule has 0 atom stereocenters. The van der Waals surface area contributed by atoms with E-state index in [2.05, 4.69) is 11.4 Å². The van der Waals surface area contributed by atoms with Crippen LogP contribution in [0.2, 0.25) is 5.02 Å². The quantitative estimate of drug-likeness (QED) is 0.420. The summed E-state index contributed by atoms with van der Waals surface area (Å²) >= 11 is 5.99. The van der Waals surface area contributed by atoms with Crippen LogP contribution >= 0.6 is 36.4 Å². The van der Waals surface area contributed by atoms with E-state index >= 15 is 0 Å². The lowest BCUT2D eigenvalue weighted by molar-refractivity contribution is 0.343. The molecule has 0 saturated heterocycles. The monoisotopic (exact) mass is 494 g/mol. The van der Waals surface area contributed by atoms with Crippen molar-refractivity contribution in [2.45, 2.75) is 37.6 Å². The Morgan fingerprint density at radius 3 is 2.41 bits per heavy atom. The van der Waals surface area contributed by atoms with E-state index in [1.165, 1.54) is 0 Å². The third-order valence-corrected chi connectivity index (χ3v) is 6.02. The third kappa shape index (κ3) is 6.33. The van der Waals surface area contributed by atoms with Gasteiger partial charge in [0, 0.05) is 29.0 Å². The van der Waals surface area contributed by atoms with Gasteiger partial charge in [0.15, 0.2) is 5.82 Å². The highest BCUT2D eigenvalue weighted by Gasteiger charge is 2.25. The molecule has 0 radical (unpaired) electrons. The van der Waals surface area contributed by atoms with Crippen molar-refractivity contribution < 1.29 is 4.74 Å². The zero-order valence-corrected chi connectivity index (χ0v) is 20.3. The molecule has 0 unspecified atom stereocenters. The van der Waals surface area contributed by atoms with Gasteiger partial charge < -0.3 is 15.8 Å². The first-order valence-electron chi connectivity index (χ1n) is 10.4. The van der Waals surface area contributed by atoms with Gasteiger partial charge in [-0.25, -0.2) is 9.97 Å². The van der Waals surface area contributed by atoms with Crippen molar-refractivity contribution in [3.8, 4) is 5.75 Å². The molecule has 0 aliphatic heterocycles. The summed E-state index contributed by atoms with van der Waals surface area (Å²) in [6.07, 6.45) is 8.37. The number of halogens is 3. The predicted octanol–water partition coefficient (Wildman–Crippen LogP) is 5.84. The van der Waals surface area contributed by atoms with E-state index in [-0.39, 0.29) is 24.8 Å². The van der Waals surface area contributed by atoms with Gasteiger partial charge in [-0.15, -0.1) is 24.8 Å². The molecule has 3 N–H and O–H groups in total. The maximum atomic E-state index is 5.99. The van der Waals surface area contributed by atoms with Gasteiger partial charge >= 0.3 is 0 Å². The largest absolute Gasteiger partial charge is 0.497 e. The first-order chi connectivity index (χ1) is 14.7. The molecule has 1 fully saturated rings. The normalized spacial score (nSPS) is 18.2. The number of rotatable bonds is 6. The molecule has 8 heteroatoms. The van der Waals surface area contributed by atoms with E-state index in [0.29, 0.717) is 18.6 Å².